The Morgan fingerprint density at radius 2 is 1.45 bits per heavy atom. The van der Waals surface area contributed by atoms with Gasteiger partial charge in [0.05, 0.1) is 0 Å². The molecule has 1 aliphatic rings. The Morgan fingerprint density at radius 3 is 1.82 bits per heavy atom. The SMILES string of the molecule is CC(C)(C)C1C=CCCC=C1. The number of rotatable bonds is 0. The van der Waals surface area contributed by atoms with Crippen LogP contribution in [0.3, 0.4) is 0 Å². The summed E-state index contributed by atoms with van der Waals surface area (Å²) in [6.45, 7) is 6.87. The van der Waals surface area contributed by atoms with Gasteiger partial charge in [0, 0.05) is 0 Å². The summed E-state index contributed by atoms with van der Waals surface area (Å²) in [4.78, 5) is 0. The van der Waals surface area contributed by atoms with Crippen LogP contribution in [0.1, 0.15) is 33.6 Å². The topological polar surface area (TPSA) is 0 Å². The molecule has 0 nitrogen and oxygen atoms in total. The summed E-state index contributed by atoms with van der Waals surface area (Å²) in [5.41, 5.74) is 0.386. The third-order valence-electron chi connectivity index (χ3n) is 2.19. The maximum absolute atomic E-state index is 2.34. The summed E-state index contributed by atoms with van der Waals surface area (Å²) in [5, 5.41) is 0. The lowest BCUT2D eigenvalue weighted by atomic mass is 9.80. The zero-order chi connectivity index (χ0) is 8.32. The molecule has 0 fully saturated rings. The van der Waals surface area contributed by atoms with Crippen LogP contribution in [0.2, 0.25) is 0 Å². The summed E-state index contributed by atoms with van der Waals surface area (Å²) in [7, 11) is 0. The normalized spacial score (nSPS) is 20.3. The van der Waals surface area contributed by atoms with Gasteiger partial charge in [-0.3, -0.25) is 0 Å². The highest BCUT2D eigenvalue weighted by molar-refractivity contribution is 5.08. The van der Waals surface area contributed by atoms with Crippen LogP contribution < -0.4 is 0 Å². The van der Waals surface area contributed by atoms with Gasteiger partial charge in [0.2, 0.25) is 0 Å². The van der Waals surface area contributed by atoms with Crippen molar-refractivity contribution in [2.24, 2.45) is 11.3 Å². The molecule has 0 heterocycles. The van der Waals surface area contributed by atoms with Crippen LogP contribution in [-0.4, -0.2) is 0 Å². The molecule has 0 aromatic heterocycles. The van der Waals surface area contributed by atoms with E-state index in [4.69, 9.17) is 0 Å². The molecule has 0 bridgehead atoms. The van der Waals surface area contributed by atoms with Gasteiger partial charge < -0.3 is 0 Å². The predicted molar refractivity (Wildman–Crippen MR) is 50.5 cm³/mol. The van der Waals surface area contributed by atoms with E-state index in [9.17, 15) is 0 Å². The van der Waals surface area contributed by atoms with E-state index in [0.717, 1.165) is 0 Å². The highest BCUT2D eigenvalue weighted by atomic mass is 14.2. The molecule has 0 aromatic carbocycles. The van der Waals surface area contributed by atoms with Gasteiger partial charge in [0.15, 0.2) is 0 Å². The molecule has 1 rings (SSSR count). The van der Waals surface area contributed by atoms with Crippen molar-refractivity contribution in [3.63, 3.8) is 0 Å². The van der Waals surface area contributed by atoms with Crippen molar-refractivity contribution >= 4 is 0 Å². The number of allylic oxidation sites excluding steroid dienone is 4. The van der Waals surface area contributed by atoms with Crippen molar-refractivity contribution in [3.05, 3.63) is 24.3 Å². The van der Waals surface area contributed by atoms with Crippen LogP contribution in [0.25, 0.3) is 0 Å². The average Bonchev–Trinajstić information content (AvgIpc) is 2.10. The Kier molecular flexibility index (Phi) is 2.53. The van der Waals surface area contributed by atoms with E-state index in [0.29, 0.717) is 11.3 Å². The minimum absolute atomic E-state index is 0.386. The van der Waals surface area contributed by atoms with Crippen molar-refractivity contribution in [2.75, 3.05) is 0 Å². The van der Waals surface area contributed by atoms with E-state index in [1.807, 2.05) is 0 Å². The van der Waals surface area contributed by atoms with Crippen LogP contribution in [0.4, 0.5) is 0 Å². The third kappa shape index (κ3) is 2.53. The second-order valence-electron chi connectivity index (χ2n) is 4.33. The second kappa shape index (κ2) is 3.25. The van der Waals surface area contributed by atoms with Gasteiger partial charge in [0.25, 0.3) is 0 Å². The minimum atomic E-state index is 0.386. The van der Waals surface area contributed by atoms with Gasteiger partial charge in [-0.25, -0.2) is 0 Å². The molecule has 0 aromatic rings. The molecular weight excluding hydrogens is 132 g/mol. The fourth-order valence-electron chi connectivity index (χ4n) is 1.32. The maximum Gasteiger partial charge on any atom is -0.000488 e. The highest BCUT2D eigenvalue weighted by Gasteiger charge is 2.19. The van der Waals surface area contributed by atoms with Crippen molar-refractivity contribution in [3.8, 4) is 0 Å². The Morgan fingerprint density at radius 1 is 1.00 bits per heavy atom. The first kappa shape index (κ1) is 8.58. The molecule has 0 atom stereocenters. The molecule has 0 aliphatic heterocycles. The van der Waals surface area contributed by atoms with Gasteiger partial charge in [-0.1, -0.05) is 45.1 Å². The quantitative estimate of drug-likeness (QED) is 0.463. The van der Waals surface area contributed by atoms with Crippen LogP contribution in [-0.2, 0) is 0 Å². The molecule has 11 heavy (non-hydrogen) atoms. The van der Waals surface area contributed by atoms with E-state index in [1.54, 1.807) is 0 Å². The fraction of sp³-hybridized carbons (Fsp3) is 0.636. The van der Waals surface area contributed by atoms with Crippen LogP contribution in [0.5, 0.6) is 0 Å². The monoisotopic (exact) mass is 150 g/mol. The number of hydrogen-bond acceptors (Lipinski definition) is 0. The maximum atomic E-state index is 2.34. The molecular formula is C11H18. The fourth-order valence-corrected chi connectivity index (χ4v) is 1.32. The minimum Gasteiger partial charge on any atom is -0.0876 e. The molecule has 0 saturated carbocycles. The first-order chi connectivity index (χ1) is 5.11. The zero-order valence-electron chi connectivity index (χ0n) is 7.80. The molecule has 0 radical (unpaired) electrons. The van der Waals surface area contributed by atoms with E-state index in [1.165, 1.54) is 12.8 Å². The summed E-state index contributed by atoms with van der Waals surface area (Å²) >= 11 is 0. The molecule has 0 amide bonds. The van der Waals surface area contributed by atoms with Gasteiger partial charge in [0.1, 0.15) is 0 Å². The smallest absolute Gasteiger partial charge is 0.000488 e. The van der Waals surface area contributed by atoms with Gasteiger partial charge in [-0.2, -0.15) is 0 Å². The standard InChI is InChI=1S/C11H18/c1-11(2,3)10-8-6-4-5-7-9-10/h6-10H,4-5H2,1-3H3. The van der Waals surface area contributed by atoms with Crippen molar-refractivity contribution < 1.29 is 0 Å². The third-order valence-corrected chi connectivity index (χ3v) is 2.19. The van der Waals surface area contributed by atoms with Gasteiger partial charge in [-0.05, 0) is 24.2 Å². The molecule has 0 saturated heterocycles. The molecule has 0 heteroatoms. The first-order valence-electron chi connectivity index (χ1n) is 4.44. The Bertz CT molecular complexity index is 153. The zero-order valence-corrected chi connectivity index (χ0v) is 7.80. The van der Waals surface area contributed by atoms with Gasteiger partial charge >= 0.3 is 0 Å². The molecule has 0 N–H and O–H groups in total. The molecule has 1 aliphatic carbocycles. The van der Waals surface area contributed by atoms with Crippen molar-refractivity contribution in [2.45, 2.75) is 33.6 Å². The van der Waals surface area contributed by atoms with Crippen LogP contribution in [0.15, 0.2) is 24.3 Å². The summed E-state index contributed by atoms with van der Waals surface area (Å²) in [5.74, 6) is 0.630. The Labute approximate surface area is 70.0 Å². The predicted octanol–water partition coefficient (Wildman–Crippen LogP) is 3.55. The molecule has 0 unspecified atom stereocenters. The Hall–Kier alpha value is -0.520. The Balaban J connectivity index is 2.69. The largest absolute Gasteiger partial charge is 0.0876 e. The summed E-state index contributed by atoms with van der Waals surface area (Å²) in [6, 6.07) is 0. The number of hydrogen-bond donors (Lipinski definition) is 0. The second-order valence-corrected chi connectivity index (χ2v) is 4.33. The van der Waals surface area contributed by atoms with E-state index in [-0.39, 0.29) is 0 Å². The summed E-state index contributed by atoms with van der Waals surface area (Å²) in [6.07, 6.45) is 11.7. The molecule has 62 valence electrons. The molecule has 0 spiro atoms. The van der Waals surface area contributed by atoms with Crippen molar-refractivity contribution in [1.82, 2.24) is 0 Å². The summed E-state index contributed by atoms with van der Waals surface area (Å²) < 4.78 is 0. The average molecular weight is 150 g/mol. The van der Waals surface area contributed by atoms with Crippen LogP contribution in [0, 0.1) is 11.3 Å². The van der Waals surface area contributed by atoms with Crippen molar-refractivity contribution in [1.29, 1.82) is 0 Å². The lowest BCUT2D eigenvalue weighted by Gasteiger charge is -2.24. The lowest BCUT2D eigenvalue weighted by molar-refractivity contribution is 0.343. The van der Waals surface area contributed by atoms with Gasteiger partial charge in [-0.15, -0.1) is 0 Å². The van der Waals surface area contributed by atoms with E-state index in [2.05, 4.69) is 45.1 Å². The lowest BCUT2D eigenvalue weighted by Crippen LogP contribution is -2.15. The van der Waals surface area contributed by atoms with E-state index < -0.39 is 0 Å². The highest BCUT2D eigenvalue weighted by Crippen LogP contribution is 2.29. The van der Waals surface area contributed by atoms with E-state index >= 15 is 0 Å². The van der Waals surface area contributed by atoms with Crippen LogP contribution >= 0.6 is 0 Å². The first-order valence-corrected chi connectivity index (χ1v) is 4.44.